The number of hydrogen-bond acceptors (Lipinski definition) is 5. The lowest BCUT2D eigenvalue weighted by Gasteiger charge is -2.11. The summed E-state index contributed by atoms with van der Waals surface area (Å²) in [6, 6.07) is 10.4. The molecule has 2 rings (SSSR count). The Hall–Kier alpha value is -3.02. The zero-order valence-corrected chi connectivity index (χ0v) is 14.7. The fourth-order valence-corrected chi connectivity index (χ4v) is 2.23. The summed E-state index contributed by atoms with van der Waals surface area (Å²) in [5, 5.41) is 2.74. The average molecular weight is 343 g/mol. The summed E-state index contributed by atoms with van der Waals surface area (Å²) in [5.41, 5.74) is 2.94. The minimum atomic E-state index is -0.614. The van der Waals surface area contributed by atoms with Crippen LogP contribution in [0.4, 0.5) is 5.69 Å². The number of amides is 1. The molecule has 0 aliphatic carbocycles. The van der Waals surface area contributed by atoms with Crippen molar-refractivity contribution >= 4 is 17.6 Å². The van der Waals surface area contributed by atoms with E-state index in [2.05, 4.69) is 5.32 Å². The summed E-state index contributed by atoms with van der Waals surface area (Å²) < 4.78 is 15.3. The lowest BCUT2D eigenvalue weighted by Crippen LogP contribution is -2.21. The predicted octanol–water partition coefficient (Wildman–Crippen LogP) is 3.12. The molecule has 2 aromatic carbocycles. The SMILES string of the molecule is COc1ccc(C(=O)OCC(=O)Nc2cc(C)ccc2C)cc1OC. The van der Waals surface area contributed by atoms with Crippen molar-refractivity contribution in [2.24, 2.45) is 0 Å². The second-order valence-corrected chi connectivity index (χ2v) is 5.51. The number of rotatable bonds is 6. The van der Waals surface area contributed by atoms with E-state index in [9.17, 15) is 9.59 Å². The topological polar surface area (TPSA) is 73.9 Å². The largest absolute Gasteiger partial charge is 0.493 e. The van der Waals surface area contributed by atoms with Crippen molar-refractivity contribution in [3.63, 3.8) is 0 Å². The van der Waals surface area contributed by atoms with E-state index in [1.54, 1.807) is 12.1 Å². The van der Waals surface area contributed by atoms with Gasteiger partial charge in [-0.3, -0.25) is 4.79 Å². The quantitative estimate of drug-likeness (QED) is 0.816. The Kier molecular flexibility index (Phi) is 6.00. The molecule has 132 valence electrons. The Bertz CT molecular complexity index is 785. The van der Waals surface area contributed by atoms with Crippen molar-refractivity contribution in [1.29, 1.82) is 0 Å². The van der Waals surface area contributed by atoms with Crippen molar-refractivity contribution in [3.8, 4) is 11.5 Å². The molecule has 0 aliphatic rings. The Morgan fingerprint density at radius 1 is 0.960 bits per heavy atom. The molecular weight excluding hydrogens is 322 g/mol. The van der Waals surface area contributed by atoms with Crippen LogP contribution in [0.3, 0.4) is 0 Å². The standard InChI is InChI=1S/C19H21NO5/c1-12-5-6-13(2)15(9-12)20-18(21)11-25-19(22)14-7-8-16(23-3)17(10-14)24-4/h5-10H,11H2,1-4H3,(H,20,21). The molecule has 0 fully saturated rings. The second-order valence-electron chi connectivity index (χ2n) is 5.51. The van der Waals surface area contributed by atoms with E-state index in [1.165, 1.54) is 20.3 Å². The molecule has 1 amide bonds. The Labute approximate surface area is 146 Å². The van der Waals surface area contributed by atoms with Gasteiger partial charge in [0.1, 0.15) is 0 Å². The third kappa shape index (κ3) is 4.73. The number of ether oxygens (including phenoxy) is 3. The van der Waals surface area contributed by atoms with Crippen LogP contribution >= 0.6 is 0 Å². The summed E-state index contributed by atoms with van der Waals surface area (Å²) >= 11 is 0. The highest BCUT2D eigenvalue weighted by Crippen LogP contribution is 2.27. The van der Waals surface area contributed by atoms with Crippen LogP contribution < -0.4 is 14.8 Å². The fraction of sp³-hybridized carbons (Fsp3) is 0.263. The van der Waals surface area contributed by atoms with Crippen LogP contribution in [0.25, 0.3) is 0 Å². The van der Waals surface area contributed by atoms with Crippen molar-refractivity contribution < 1.29 is 23.8 Å². The molecule has 2 aromatic rings. The number of nitrogens with one attached hydrogen (secondary N) is 1. The maximum absolute atomic E-state index is 12.1. The third-order valence-electron chi connectivity index (χ3n) is 3.62. The molecule has 0 unspecified atom stereocenters. The van der Waals surface area contributed by atoms with Gasteiger partial charge in [-0.05, 0) is 49.2 Å². The lowest BCUT2D eigenvalue weighted by molar-refractivity contribution is -0.119. The van der Waals surface area contributed by atoms with Crippen molar-refractivity contribution in [1.82, 2.24) is 0 Å². The van der Waals surface area contributed by atoms with Crippen LogP contribution in [0.5, 0.6) is 11.5 Å². The lowest BCUT2D eigenvalue weighted by atomic mass is 10.1. The number of methoxy groups -OCH3 is 2. The number of benzene rings is 2. The fourth-order valence-electron chi connectivity index (χ4n) is 2.23. The smallest absolute Gasteiger partial charge is 0.338 e. The summed E-state index contributed by atoms with van der Waals surface area (Å²) in [4.78, 5) is 24.1. The molecule has 0 saturated heterocycles. The van der Waals surface area contributed by atoms with Gasteiger partial charge in [-0.15, -0.1) is 0 Å². The first-order valence-electron chi connectivity index (χ1n) is 7.71. The molecule has 25 heavy (non-hydrogen) atoms. The van der Waals surface area contributed by atoms with Gasteiger partial charge < -0.3 is 19.5 Å². The van der Waals surface area contributed by atoms with Crippen LogP contribution in [0, 0.1) is 13.8 Å². The monoisotopic (exact) mass is 343 g/mol. The van der Waals surface area contributed by atoms with Crippen molar-refractivity contribution in [3.05, 3.63) is 53.1 Å². The summed E-state index contributed by atoms with van der Waals surface area (Å²) in [7, 11) is 2.98. The summed E-state index contributed by atoms with van der Waals surface area (Å²) in [5.74, 6) is -0.0944. The molecule has 6 nitrogen and oxygen atoms in total. The van der Waals surface area contributed by atoms with Crippen molar-refractivity contribution in [2.75, 3.05) is 26.1 Å². The van der Waals surface area contributed by atoms with E-state index >= 15 is 0 Å². The molecule has 0 saturated carbocycles. The number of hydrogen-bond donors (Lipinski definition) is 1. The highest BCUT2D eigenvalue weighted by molar-refractivity contribution is 5.96. The van der Waals surface area contributed by atoms with Crippen molar-refractivity contribution in [2.45, 2.75) is 13.8 Å². The van der Waals surface area contributed by atoms with Gasteiger partial charge in [0.2, 0.25) is 0 Å². The van der Waals surface area contributed by atoms with E-state index < -0.39 is 11.9 Å². The molecular formula is C19H21NO5. The first-order valence-corrected chi connectivity index (χ1v) is 7.71. The zero-order chi connectivity index (χ0) is 18.4. The van der Waals surface area contributed by atoms with Gasteiger partial charge in [0.05, 0.1) is 19.8 Å². The predicted molar refractivity (Wildman–Crippen MR) is 94.4 cm³/mol. The Morgan fingerprint density at radius 3 is 2.36 bits per heavy atom. The molecule has 0 aromatic heterocycles. The number of carbonyl (C=O) groups is 2. The van der Waals surface area contributed by atoms with Gasteiger partial charge in [-0.1, -0.05) is 12.1 Å². The highest BCUT2D eigenvalue weighted by atomic mass is 16.5. The molecule has 1 N–H and O–H groups in total. The Balaban J connectivity index is 1.97. The van der Waals surface area contributed by atoms with E-state index in [1.807, 2.05) is 32.0 Å². The zero-order valence-electron chi connectivity index (χ0n) is 14.7. The number of carbonyl (C=O) groups excluding carboxylic acids is 2. The second kappa shape index (κ2) is 8.19. The Morgan fingerprint density at radius 2 is 1.68 bits per heavy atom. The van der Waals surface area contributed by atoms with Gasteiger partial charge in [-0.2, -0.15) is 0 Å². The number of anilines is 1. The summed E-state index contributed by atoms with van der Waals surface area (Å²) in [6.07, 6.45) is 0. The van der Waals surface area contributed by atoms with Crippen LogP contribution in [0.15, 0.2) is 36.4 Å². The molecule has 0 atom stereocenters. The third-order valence-corrected chi connectivity index (χ3v) is 3.62. The maximum Gasteiger partial charge on any atom is 0.338 e. The molecule has 0 spiro atoms. The minimum Gasteiger partial charge on any atom is -0.493 e. The van der Waals surface area contributed by atoms with E-state index in [0.717, 1.165) is 11.1 Å². The average Bonchev–Trinajstić information content (AvgIpc) is 2.62. The molecule has 6 heteroatoms. The van der Waals surface area contributed by atoms with Crippen LogP contribution in [0.2, 0.25) is 0 Å². The van der Waals surface area contributed by atoms with E-state index in [0.29, 0.717) is 17.2 Å². The van der Waals surface area contributed by atoms with Gasteiger partial charge >= 0.3 is 5.97 Å². The van der Waals surface area contributed by atoms with Crippen LogP contribution in [-0.2, 0) is 9.53 Å². The minimum absolute atomic E-state index is 0.275. The maximum atomic E-state index is 12.1. The van der Waals surface area contributed by atoms with E-state index in [-0.39, 0.29) is 12.2 Å². The normalized spacial score (nSPS) is 10.1. The molecule has 0 heterocycles. The number of esters is 1. The summed E-state index contributed by atoms with van der Waals surface area (Å²) in [6.45, 7) is 3.46. The highest BCUT2D eigenvalue weighted by Gasteiger charge is 2.14. The first kappa shape index (κ1) is 18.3. The molecule has 0 bridgehead atoms. The van der Waals surface area contributed by atoms with Gasteiger partial charge in [0.15, 0.2) is 18.1 Å². The van der Waals surface area contributed by atoms with E-state index in [4.69, 9.17) is 14.2 Å². The first-order chi connectivity index (χ1) is 11.9. The molecule has 0 aliphatic heterocycles. The van der Waals surface area contributed by atoms with Crippen LogP contribution in [-0.4, -0.2) is 32.7 Å². The van der Waals surface area contributed by atoms with Gasteiger partial charge in [0, 0.05) is 5.69 Å². The number of aryl methyl sites for hydroxylation is 2. The molecule has 0 radical (unpaired) electrons. The van der Waals surface area contributed by atoms with Gasteiger partial charge in [0.25, 0.3) is 5.91 Å². The van der Waals surface area contributed by atoms with Gasteiger partial charge in [-0.25, -0.2) is 4.79 Å². The van der Waals surface area contributed by atoms with Crippen LogP contribution in [0.1, 0.15) is 21.5 Å².